The minimum absolute atomic E-state index is 0.0683. The van der Waals surface area contributed by atoms with Crippen LogP contribution >= 0.6 is 0 Å². The van der Waals surface area contributed by atoms with E-state index in [0.29, 0.717) is 5.82 Å². The number of aryl methyl sites for hydroxylation is 2. The smallest absolute Gasteiger partial charge is 0.184 e. The molecule has 3 heterocycles. The fraction of sp³-hybridized carbons (Fsp3) is 0.429. The minimum atomic E-state index is -0.111. The molecule has 1 N–H and O–H groups in total. The molecule has 3 aromatic rings. The maximum absolute atomic E-state index is 8.53. The first-order valence-electron chi connectivity index (χ1n) is 7.12. The number of nitrogens with one attached hydrogen (secondary N) is 1. The number of rotatable bonds is 3. The average Bonchev–Trinajstić information content (AvgIpc) is 3.28. The Morgan fingerprint density at radius 2 is 1.70 bits per heavy atom. The Bertz CT molecular complexity index is 762. The van der Waals surface area contributed by atoms with E-state index in [2.05, 4.69) is 36.7 Å². The van der Waals surface area contributed by atoms with Gasteiger partial charge in [-0.3, -0.25) is 0 Å². The third-order valence-electron chi connectivity index (χ3n) is 3.43. The second-order valence-corrected chi connectivity index (χ2v) is 5.14. The normalized spacial score (nSPS) is 12.8. The van der Waals surface area contributed by atoms with E-state index in [-0.39, 0.29) is 11.8 Å². The topological polar surface area (TPSA) is 114 Å². The summed E-state index contributed by atoms with van der Waals surface area (Å²) in [6.07, 6.45) is 7.18. The minimum Gasteiger partial charge on any atom is -0.337 e. The molecule has 0 saturated heterocycles. The number of nitriles is 1. The second-order valence-electron chi connectivity index (χ2n) is 5.14. The summed E-state index contributed by atoms with van der Waals surface area (Å²) in [7, 11) is 3.83. The van der Waals surface area contributed by atoms with Crippen molar-refractivity contribution in [2.45, 2.75) is 25.7 Å². The molecule has 0 aliphatic heterocycles. The van der Waals surface area contributed by atoms with Gasteiger partial charge in [0, 0.05) is 38.9 Å². The Labute approximate surface area is 134 Å². The first-order chi connectivity index (χ1) is 11.0. The fourth-order valence-corrected chi connectivity index (χ4v) is 2.11. The van der Waals surface area contributed by atoms with Gasteiger partial charge < -0.3 is 9.13 Å². The highest BCUT2D eigenvalue weighted by Gasteiger charge is 2.16. The fourth-order valence-electron chi connectivity index (χ4n) is 2.11. The predicted octanol–water partition coefficient (Wildman–Crippen LogP) is 1.13. The van der Waals surface area contributed by atoms with Crippen LogP contribution in [0.3, 0.4) is 0 Å². The van der Waals surface area contributed by atoms with E-state index in [9.17, 15) is 0 Å². The molecular formula is C14H19N9. The van der Waals surface area contributed by atoms with Gasteiger partial charge in [0.05, 0.1) is 12.0 Å². The first kappa shape index (κ1) is 16.4. The average molecular weight is 313 g/mol. The van der Waals surface area contributed by atoms with Crippen LogP contribution in [0, 0.1) is 11.3 Å². The number of tetrazole rings is 1. The summed E-state index contributed by atoms with van der Waals surface area (Å²) in [5.74, 6) is 2.37. The van der Waals surface area contributed by atoms with Crippen LogP contribution in [0.4, 0.5) is 0 Å². The Balaban J connectivity index is 0.000000174. The van der Waals surface area contributed by atoms with Gasteiger partial charge in [0.1, 0.15) is 17.6 Å². The van der Waals surface area contributed by atoms with Gasteiger partial charge in [-0.2, -0.15) is 10.5 Å². The van der Waals surface area contributed by atoms with E-state index in [4.69, 9.17) is 5.26 Å². The number of hydrogen-bond acceptors (Lipinski definition) is 6. The van der Waals surface area contributed by atoms with Crippen molar-refractivity contribution < 1.29 is 0 Å². The third kappa shape index (κ3) is 3.79. The lowest BCUT2D eigenvalue weighted by molar-refractivity contribution is 0.702. The summed E-state index contributed by atoms with van der Waals surface area (Å²) in [6, 6.07) is 2.12. The van der Waals surface area contributed by atoms with Gasteiger partial charge in [-0.05, 0) is 13.8 Å². The monoisotopic (exact) mass is 313 g/mol. The molecule has 2 unspecified atom stereocenters. The van der Waals surface area contributed by atoms with Crippen LogP contribution in [-0.2, 0) is 14.1 Å². The molecule has 0 aliphatic carbocycles. The molecule has 0 amide bonds. The van der Waals surface area contributed by atoms with Gasteiger partial charge in [0.15, 0.2) is 5.82 Å². The largest absolute Gasteiger partial charge is 0.337 e. The summed E-state index contributed by atoms with van der Waals surface area (Å²) in [6.45, 7) is 3.83. The zero-order valence-electron chi connectivity index (χ0n) is 13.5. The Kier molecular flexibility index (Phi) is 5.19. The lowest BCUT2D eigenvalue weighted by atomic mass is 10.1. The molecule has 0 radical (unpaired) electrons. The van der Waals surface area contributed by atoms with E-state index >= 15 is 0 Å². The summed E-state index contributed by atoms with van der Waals surface area (Å²) in [5.41, 5.74) is 0. The van der Waals surface area contributed by atoms with Crippen LogP contribution in [0.15, 0.2) is 24.8 Å². The van der Waals surface area contributed by atoms with Crippen molar-refractivity contribution in [3.8, 4) is 6.07 Å². The van der Waals surface area contributed by atoms with Crippen LogP contribution in [-0.4, -0.2) is 39.7 Å². The molecule has 3 rings (SSSR count). The molecule has 9 heteroatoms. The number of aromatic nitrogens is 8. The van der Waals surface area contributed by atoms with E-state index < -0.39 is 0 Å². The summed E-state index contributed by atoms with van der Waals surface area (Å²) < 4.78 is 3.80. The maximum atomic E-state index is 8.53. The zero-order valence-corrected chi connectivity index (χ0v) is 13.5. The molecule has 0 fully saturated rings. The SMILES string of the molecule is CC(C#N)c1nccn1C.CC(c1nn[nH]n1)c1nccn1C. The molecule has 9 nitrogen and oxygen atoms in total. The highest BCUT2D eigenvalue weighted by Crippen LogP contribution is 2.16. The quantitative estimate of drug-likeness (QED) is 0.775. The van der Waals surface area contributed by atoms with Gasteiger partial charge in [0.2, 0.25) is 0 Å². The Hall–Kier alpha value is -3.02. The third-order valence-corrected chi connectivity index (χ3v) is 3.43. The van der Waals surface area contributed by atoms with Crippen molar-refractivity contribution >= 4 is 0 Å². The first-order valence-corrected chi connectivity index (χ1v) is 7.12. The number of imidazole rings is 2. The van der Waals surface area contributed by atoms with Crippen molar-refractivity contribution in [3.05, 3.63) is 42.3 Å². The highest BCUT2D eigenvalue weighted by atomic mass is 15.5. The predicted molar refractivity (Wildman–Crippen MR) is 82.1 cm³/mol. The van der Waals surface area contributed by atoms with Crippen LogP contribution in [0.2, 0.25) is 0 Å². The van der Waals surface area contributed by atoms with E-state index in [1.807, 2.05) is 49.5 Å². The van der Waals surface area contributed by atoms with Crippen molar-refractivity contribution in [2.75, 3.05) is 0 Å². The van der Waals surface area contributed by atoms with Crippen LogP contribution in [0.25, 0.3) is 0 Å². The molecule has 2 atom stereocenters. The molecule has 0 saturated carbocycles. The summed E-state index contributed by atoms with van der Waals surface area (Å²) >= 11 is 0. The molecule has 0 aliphatic rings. The number of H-pyrrole nitrogens is 1. The van der Waals surface area contributed by atoms with E-state index in [0.717, 1.165) is 11.6 Å². The second kappa shape index (κ2) is 7.31. The van der Waals surface area contributed by atoms with Gasteiger partial charge >= 0.3 is 0 Å². The number of aromatic amines is 1. The maximum Gasteiger partial charge on any atom is 0.184 e. The van der Waals surface area contributed by atoms with Gasteiger partial charge in [-0.25, -0.2) is 9.97 Å². The van der Waals surface area contributed by atoms with Crippen LogP contribution in [0.1, 0.15) is 43.2 Å². The van der Waals surface area contributed by atoms with Gasteiger partial charge in [-0.1, -0.05) is 5.21 Å². The standard InChI is InChI=1S/C7H10N6.C7H9N3/c1-5(6-9-11-12-10-6)7-8-3-4-13(7)2;1-6(5-8)7-9-3-4-10(7)2/h3-5H,1-2H3,(H,9,10,11,12);3-4,6H,1-2H3. The molecule has 3 aromatic heterocycles. The lowest BCUT2D eigenvalue weighted by Gasteiger charge is -2.05. The van der Waals surface area contributed by atoms with Crippen LogP contribution < -0.4 is 0 Å². The lowest BCUT2D eigenvalue weighted by Crippen LogP contribution is -2.05. The summed E-state index contributed by atoms with van der Waals surface area (Å²) in [5, 5.41) is 22.3. The van der Waals surface area contributed by atoms with Gasteiger partial charge in [0.25, 0.3) is 0 Å². The van der Waals surface area contributed by atoms with Crippen molar-refractivity contribution in [1.82, 2.24) is 39.7 Å². The number of hydrogen-bond donors (Lipinski definition) is 1. The van der Waals surface area contributed by atoms with Crippen molar-refractivity contribution in [3.63, 3.8) is 0 Å². The molecule has 23 heavy (non-hydrogen) atoms. The van der Waals surface area contributed by atoms with E-state index in [1.165, 1.54) is 0 Å². The molecule has 0 aromatic carbocycles. The highest BCUT2D eigenvalue weighted by molar-refractivity contribution is 5.08. The van der Waals surface area contributed by atoms with Crippen molar-refractivity contribution in [2.24, 2.45) is 14.1 Å². The van der Waals surface area contributed by atoms with Crippen molar-refractivity contribution in [1.29, 1.82) is 5.26 Å². The molecular weight excluding hydrogens is 294 g/mol. The van der Waals surface area contributed by atoms with Crippen LogP contribution in [0.5, 0.6) is 0 Å². The number of nitrogens with zero attached hydrogens (tertiary/aromatic N) is 8. The molecule has 120 valence electrons. The van der Waals surface area contributed by atoms with E-state index in [1.54, 1.807) is 12.4 Å². The summed E-state index contributed by atoms with van der Waals surface area (Å²) in [4.78, 5) is 8.24. The Morgan fingerprint density at radius 1 is 1.09 bits per heavy atom. The Morgan fingerprint density at radius 3 is 2.13 bits per heavy atom. The zero-order chi connectivity index (χ0) is 16.8. The van der Waals surface area contributed by atoms with Gasteiger partial charge in [-0.15, -0.1) is 10.2 Å². The molecule has 0 spiro atoms. The molecule has 0 bridgehead atoms.